The van der Waals surface area contributed by atoms with Gasteiger partial charge in [-0.15, -0.1) is 0 Å². The van der Waals surface area contributed by atoms with Crippen molar-refractivity contribution in [3.05, 3.63) is 0 Å². The number of nitrogens with two attached hydrogens (primary N) is 1. The predicted molar refractivity (Wildman–Crippen MR) is 50.7 cm³/mol. The lowest BCUT2D eigenvalue weighted by Gasteiger charge is -2.58. The van der Waals surface area contributed by atoms with Crippen LogP contribution in [-0.2, 0) is 10.0 Å². The van der Waals surface area contributed by atoms with Crippen molar-refractivity contribution >= 4 is 10.0 Å². The number of sulfonamides is 1. The summed E-state index contributed by atoms with van der Waals surface area (Å²) >= 11 is 0. The van der Waals surface area contributed by atoms with E-state index in [2.05, 4.69) is 11.8 Å². The zero-order valence-electron chi connectivity index (χ0n) is 7.86. The van der Waals surface area contributed by atoms with Gasteiger partial charge in [-0.3, -0.25) is 0 Å². The van der Waals surface area contributed by atoms with Crippen LogP contribution in [0.4, 0.5) is 0 Å². The molecule has 4 nitrogen and oxygen atoms in total. The first kappa shape index (κ1) is 9.43. The summed E-state index contributed by atoms with van der Waals surface area (Å²) in [5.74, 6) is 0. The van der Waals surface area contributed by atoms with Gasteiger partial charge in [0, 0.05) is 13.1 Å². The Hall–Kier alpha value is -0.130. The van der Waals surface area contributed by atoms with Crippen molar-refractivity contribution < 1.29 is 8.42 Å². The molecule has 0 aromatic heterocycles. The van der Waals surface area contributed by atoms with E-state index in [1.165, 1.54) is 0 Å². The van der Waals surface area contributed by atoms with Crippen molar-refractivity contribution in [2.75, 3.05) is 19.6 Å². The van der Waals surface area contributed by atoms with Gasteiger partial charge in [0.25, 0.3) is 0 Å². The predicted octanol–water partition coefficient (Wildman–Crippen LogP) is -0.241. The van der Waals surface area contributed by atoms with Crippen LogP contribution in [0.1, 0.15) is 19.8 Å². The van der Waals surface area contributed by atoms with Gasteiger partial charge in [-0.1, -0.05) is 6.92 Å². The molecule has 1 saturated heterocycles. The van der Waals surface area contributed by atoms with Crippen LogP contribution < -0.4 is 5.14 Å². The minimum Gasteiger partial charge on any atom is -0.302 e. The van der Waals surface area contributed by atoms with E-state index in [4.69, 9.17) is 5.14 Å². The normalized spacial score (nSPS) is 28.5. The van der Waals surface area contributed by atoms with E-state index >= 15 is 0 Å². The monoisotopic (exact) mass is 204 g/mol. The lowest BCUT2D eigenvalue weighted by Crippen LogP contribution is -2.65. The molecule has 1 heterocycles. The van der Waals surface area contributed by atoms with Crippen LogP contribution in [0.2, 0.25) is 0 Å². The van der Waals surface area contributed by atoms with Gasteiger partial charge >= 0.3 is 0 Å². The zero-order valence-corrected chi connectivity index (χ0v) is 8.68. The molecule has 2 N–H and O–H groups in total. The number of hydrogen-bond donors (Lipinski definition) is 1. The maximum Gasteiger partial charge on any atom is 0.212 e. The Bertz CT molecular complexity index is 298. The molecule has 0 bridgehead atoms. The van der Waals surface area contributed by atoms with E-state index in [0.717, 1.165) is 32.5 Å². The number of primary sulfonamides is 1. The Morgan fingerprint density at radius 2 is 2.00 bits per heavy atom. The average molecular weight is 204 g/mol. The van der Waals surface area contributed by atoms with E-state index in [9.17, 15) is 8.42 Å². The molecular formula is C8H16N2O2S. The molecule has 2 fully saturated rings. The maximum absolute atomic E-state index is 11.0. The van der Waals surface area contributed by atoms with E-state index in [-0.39, 0.29) is 5.25 Å². The first-order chi connectivity index (χ1) is 5.95. The summed E-state index contributed by atoms with van der Waals surface area (Å²) < 4.78 is 21.9. The van der Waals surface area contributed by atoms with E-state index in [1.807, 2.05) is 0 Å². The Labute approximate surface area is 79.1 Å². The summed E-state index contributed by atoms with van der Waals surface area (Å²) in [5, 5.41) is 4.81. The molecule has 0 unspecified atom stereocenters. The molecule has 5 heteroatoms. The second-order valence-corrected chi connectivity index (χ2v) is 6.27. The number of rotatable bonds is 2. The van der Waals surface area contributed by atoms with Crippen LogP contribution >= 0.6 is 0 Å². The molecule has 0 amide bonds. The van der Waals surface area contributed by atoms with Crippen molar-refractivity contribution in [3.63, 3.8) is 0 Å². The molecule has 0 atom stereocenters. The van der Waals surface area contributed by atoms with Crippen molar-refractivity contribution in [1.82, 2.24) is 4.90 Å². The van der Waals surface area contributed by atoms with Crippen LogP contribution in [0.5, 0.6) is 0 Å². The highest BCUT2D eigenvalue weighted by Crippen LogP contribution is 2.50. The van der Waals surface area contributed by atoms with Crippen molar-refractivity contribution in [2.45, 2.75) is 25.0 Å². The molecule has 2 aliphatic rings. The van der Waals surface area contributed by atoms with Crippen molar-refractivity contribution in [1.29, 1.82) is 0 Å². The summed E-state index contributed by atoms with van der Waals surface area (Å²) in [5.41, 5.74) is 0.313. The fourth-order valence-electron chi connectivity index (χ4n) is 2.52. The van der Waals surface area contributed by atoms with Crippen LogP contribution in [-0.4, -0.2) is 38.2 Å². The summed E-state index contributed by atoms with van der Waals surface area (Å²) in [6.07, 6.45) is 1.56. The topological polar surface area (TPSA) is 63.4 Å². The van der Waals surface area contributed by atoms with E-state index in [1.54, 1.807) is 0 Å². The zero-order chi connectivity index (χ0) is 9.69. The first-order valence-electron chi connectivity index (χ1n) is 4.69. The summed E-state index contributed by atoms with van der Waals surface area (Å²) in [4.78, 5) is 2.33. The molecule has 0 aromatic carbocycles. The Morgan fingerprint density at radius 1 is 1.46 bits per heavy atom. The van der Waals surface area contributed by atoms with Gasteiger partial charge in [0.05, 0.1) is 5.25 Å². The van der Waals surface area contributed by atoms with Gasteiger partial charge in [0.1, 0.15) is 0 Å². The Kier molecular flexibility index (Phi) is 1.94. The third-order valence-corrected chi connectivity index (χ3v) is 4.61. The Morgan fingerprint density at radius 3 is 2.38 bits per heavy atom. The number of hydrogen-bond acceptors (Lipinski definition) is 3. The largest absolute Gasteiger partial charge is 0.302 e. The smallest absolute Gasteiger partial charge is 0.212 e. The Balaban J connectivity index is 1.87. The molecular weight excluding hydrogens is 188 g/mol. The van der Waals surface area contributed by atoms with Gasteiger partial charge in [-0.2, -0.15) is 0 Å². The second kappa shape index (κ2) is 2.68. The van der Waals surface area contributed by atoms with E-state index < -0.39 is 10.0 Å². The average Bonchev–Trinajstić information content (AvgIpc) is 1.78. The minimum absolute atomic E-state index is 0.258. The van der Waals surface area contributed by atoms with Crippen LogP contribution in [0, 0.1) is 5.41 Å². The lowest BCUT2D eigenvalue weighted by atomic mass is 9.63. The first-order valence-corrected chi connectivity index (χ1v) is 6.30. The third-order valence-electron chi connectivity index (χ3n) is 3.35. The van der Waals surface area contributed by atoms with Crippen LogP contribution in [0.3, 0.4) is 0 Å². The maximum atomic E-state index is 11.0. The highest BCUT2D eigenvalue weighted by Gasteiger charge is 2.54. The quantitative estimate of drug-likeness (QED) is 0.675. The molecule has 13 heavy (non-hydrogen) atoms. The summed E-state index contributed by atoms with van der Waals surface area (Å²) in [7, 11) is -3.26. The highest BCUT2D eigenvalue weighted by molar-refractivity contribution is 7.89. The molecule has 76 valence electrons. The fourth-order valence-corrected chi connectivity index (χ4v) is 3.69. The SMILES string of the molecule is CCN1CC2(CC(S(N)(=O)=O)C2)C1. The molecule has 1 aliphatic heterocycles. The molecule has 1 saturated carbocycles. The van der Waals surface area contributed by atoms with Gasteiger partial charge in [-0.25, -0.2) is 13.6 Å². The van der Waals surface area contributed by atoms with Crippen LogP contribution in [0.15, 0.2) is 0 Å². The molecule has 2 rings (SSSR count). The van der Waals surface area contributed by atoms with Gasteiger partial charge in [0.2, 0.25) is 10.0 Å². The fraction of sp³-hybridized carbons (Fsp3) is 1.00. The van der Waals surface area contributed by atoms with Gasteiger partial charge < -0.3 is 4.90 Å². The van der Waals surface area contributed by atoms with Gasteiger partial charge in [-0.05, 0) is 24.8 Å². The van der Waals surface area contributed by atoms with Gasteiger partial charge in [0.15, 0.2) is 0 Å². The molecule has 0 aromatic rings. The molecule has 0 radical (unpaired) electrons. The minimum atomic E-state index is -3.26. The summed E-state index contributed by atoms with van der Waals surface area (Å²) in [6, 6.07) is 0. The second-order valence-electron chi connectivity index (χ2n) is 4.42. The van der Waals surface area contributed by atoms with Crippen LogP contribution in [0.25, 0.3) is 0 Å². The van der Waals surface area contributed by atoms with Crippen molar-refractivity contribution in [2.24, 2.45) is 10.6 Å². The molecule has 1 aliphatic carbocycles. The van der Waals surface area contributed by atoms with Crippen molar-refractivity contribution in [3.8, 4) is 0 Å². The lowest BCUT2D eigenvalue weighted by molar-refractivity contribution is -0.0536. The standard InChI is InChI=1S/C8H16N2O2S/c1-2-10-5-8(6-10)3-7(4-8)13(9,11)12/h7H,2-6H2,1H3,(H2,9,11,12). The van der Waals surface area contributed by atoms with E-state index in [0.29, 0.717) is 5.41 Å². The molecule has 1 spiro atoms. The number of nitrogens with zero attached hydrogens (tertiary/aromatic N) is 1. The number of likely N-dealkylation sites (tertiary alicyclic amines) is 1. The third kappa shape index (κ3) is 1.49. The highest BCUT2D eigenvalue weighted by atomic mass is 32.2. The summed E-state index contributed by atoms with van der Waals surface area (Å²) in [6.45, 7) is 5.33.